The second kappa shape index (κ2) is 9.34. The van der Waals surface area contributed by atoms with Crippen LogP contribution in [-0.4, -0.2) is 19.0 Å². The van der Waals surface area contributed by atoms with E-state index in [-0.39, 0.29) is 16.0 Å². The number of aromatic nitrogens is 1. The van der Waals surface area contributed by atoms with Crippen molar-refractivity contribution < 1.29 is 8.42 Å². The molecule has 33 heavy (non-hydrogen) atoms. The van der Waals surface area contributed by atoms with E-state index in [9.17, 15) is 8.42 Å². The van der Waals surface area contributed by atoms with Crippen molar-refractivity contribution in [2.75, 3.05) is 0 Å². The smallest absolute Gasteiger partial charge is 0.242 e. The number of para-hydroxylation sites is 1. The van der Waals surface area contributed by atoms with Crippen LogP contribution in [0.15, 0.2) is 83.8 Å². The molecule has 3 aromatic carbocycles. The molecule has 4 aromatic rings. The average molecular weight is 479 g/mol. The number of sulfonamides is 1. The van der Waals surface area contributed by atoms with Gasteiger partial charge >= 0.3 is 0 Å². The molecule has 6 heteroatoms. The standard InChI is InChI=1S/C27H27ClN2O2S/c28-24-16-15-22(18-27(24)33(31,32)29-23-12-5-2-6-13-23)26-17-21-11-7-8-14-25(21)30(26)19-20-9-3-1-4-10-20/h1,3-4,7-11,14-18,23,29H,2,5-6,12-13,19H2. The van der Waals surface area contributed by atoms with Gasteiger partial charge in [0.25, 0.3) is 0 Å². The van der Waals surface area contributed by atoms with Crippen molar-refractivity contribution in [3.63, 3.8) is 0 Å². The number of fused-ring (bicyclic) bond motifs is 1. The summed E-state index contributed by atoms with van der Waals surface area (Å²) in [5, 5.41) is 1.36. The highest BCUT2D eigenvalue weighted by Gasteiger charge is 2.25. The normalized spacial score (nSPS) is 15.2. The summed E-state index contributed by atoms with van der Waals surface area (Å²) >= 11 is 6.41. The van der Waals surface area contributed by atoms with Crippen molar-refractivity contribution in [2.24, 2.45) is 0 Å². The molecular weight excluding hydrogens is 452 g/mol. The zero-order chi connectivity index (χ0) is 22.8. The van der Waals surface area contributed by atoms with Crippen LogP contribution in [-0.2, 0) is 16.6 Å². The van der Waals surface area contributed by atoms with Crippen LogP contribution in [0.3, 0.4) is 0 Å². The van der Waals surface area contributed by atoms with Crippen LogP contribution in [0.25, 0.3) is 22.2 Å². The van der Waals surface area contributed by atoms with E-state index in [0.717, 1.165) is 47.8 Å². The van der Waals surface area contributed by atoms with E-state index in [1.54, 1.807) is 12.1 Å². The summed E-state index contributed by atoms with van der Waals surface area (Å²) in [6.45, 7) is 0.689. The van der Waals surface area contributed by atoms with Crippen LogP contribution in [0.1, 0.15) is 37.7 Å². The lowest BCUT2D eigenvalue weighted by molar-refractivity contribution is 0.412. The van der Waals surface area contributed by atoms with Crippen LogP contribution >= 0.6 is 11.6 Å². The molecule has 0 saturated heterocycles. The van der Waals surface area contributed by atoms with Crippen molar-refractivity contribution in [1.29, 1.82) is 0 Å². The number of benzene rings is 3. The minimum atomic E-state index is -3.71. The van der Waals surface area contributed by atoms with Gasteiger partial charge in [-0.05, 0) is 48.2 Å². The average Bonchev–Trinajstić information content (AvgIpc) is 3.19. The van der Waals surface area contributed by atoms with Gasteiger partial charge in [0, 0.05) is 29.2 Å². The minimum absolute atomic E-state index is 0.0204. The zero-order valence-corrected chi connectivity index (χ0v) is 19.9. The number of nitrogens with one attached hydrogen (secondary N) is 1. The number of halogens is 1. The third-order valence-corrected chi connectivity index (χ3v) is 8.44. The van der Waals surface area contributed by atoms with Crippen molar-refractivity contribution in [2.45, 2.75) is 49.6 Å². The van der Waals surface area contributed by atoms with E-state index in [0.29, 0.717) is 6.54 Å². The molecule has 0 radical (unpaired) electrons. The van der Waals surface area contributed by atoms with Gasteiger partial charge in [0.15, 0.2) is 0 Å². The maximum Gasteiger partial charge on any atom is 0.242 e. The minimum Gasteiger partial charge on any atom is -0.336 e. The fourth-order valence-corrected chi connectivity index (χ4v) is 6.59. The third kappa shape index (κ3) is 4.72. The van der Waals surface area contributed by atoms with E-state index in [2.05, 4.69) is 39.6 Å². The van der Waals surface area contributed by atoms with Crippen LogP contribution in [0, 0.1) is 0 Å². The quantitative estimate of drug-likeness (QED) is 0.338. The number of nitrogens with zero attached hydrogens (tertiary/aromatic N) is 1. The Kier molecular flexibility index (Phi) is 6.28. The monoisotopic (exact) mass is 478 g/mol. The molecule has 0 spiro atoms. The Bertz CT molecular complexity index is 1370. The molecule has 1 saturated carbocycles. The van der Waals surface area contributed by atoms with Crippen LogP contribution < -0.4 is 4.72 Å². The number of rotatable bonds is 6. The van der Waals surface area contributed by atoms with E-state index in [1.807, 2.05) is 36.4 Å². The van der Waals surface area contributed by atoms with Crippen LogP contribution in [0.4, 0.5) is 0 Å². The van der Waals surface area contributed by atoms with Gasteiger partial charge in [0.1, 0.15) is 4.90 Å². The molecular formula is C27H27ClN2O2S. The first kappa shape index (κ1) is 22.2. The molecule has 1 fully saturated rings. The van der Waals surface area contributed by atoms with Gasteiger partial charge < -0.3 is 4.57 Å². The predicted molar refractivity (Wildman–Crippen MR) is 135 cm³/mol. The second-order valence-corrected chi connectivity index (χ2v) is 10.9. The molecule has 0 bridgehead atoms. The van der Waals surface area contributed by atoms with Crippen LogP contribution in [0.5, 0.6) is 0 Å². The lowest BCUT2D eigenvalue weighted by Crippen LogP contribution is -2.36. The summed E-state index contributed by atoms with van der Waals surface area (Å²) < 4.78 is 31.6. The van der Waals surface area contributed by atoms with E-state index < -0.39 is 10.0 Å². The summed E-state index contributed by atoms with van der Waals surface area (Å²) in [5.74, 6) is 0. The number of hydrogen-bond acceptors (Lipinski definition) is 2. The first-order chi connectivity index (χ1) is 16.0. The molecule has 0 unspecified atom stereocenters. The largest absolute Gasteiger partial charge is 0.336 e. The SMILES string of the molecule is O=S(=O)(NC1CCCCC1)c1cc(-c2cc3ccccc3n2Cc2ccccc2)ccc1Cl. The van der Waals surface area contributed by atoms with Gasteiger partial charge in [-0.3, -0.25) is 0 Å². The lowest BCUT2D eigenvalue weighted by atomic mass is 9.96. The fourth-order valence-electron chi connectivity index (χ4n) is 4.76. The van der Waals surface area contributed by atoms with Crippen LogP contribution in [0.2, 0.25) is 5.02 Å². The van der Waals surface area contributed by atoms with Gasteiger partial charge in [0.05, 0.1) is 5.02 Å². The summed E-state index contributed by atoms with van der Waals surface area (Å²) in [5.41, 5.74) is 4.08. The summed E-state index contributed by atoms with van der Waals surface area (Å²) in [7, 11) is -3.71. The van der Waals surface area contributed by atoms with Gasteiger partial charge in [0.2, 0.25) is 10.0 Å². The summed E-state index contributed by atoms with van der Waals surface area (Å²) in [6, 6.07) is 25.9. The third-order valence-electron chi connectivity index (χ3n) is 6.44. The molecule has 0 atom stereocenters. The maximum absolute atomic E-state index is 13.3. The Hall–Kier alpha value is -2.60. The lowest BCUT2D eigenvalue weighted by Gasteiger charge is -2.23. The van der Waals surface area contributed by atoms with Crippen molar-refractivity contribution in [1.82, 2.24) is 9.29 Å². The van der Waals surface area contributed by atoms with Gasteiger partial charge in [-0.25, -0.2) is 13.1 Å². The zero-order valence-electron chi connectivity index (χ0n) is 18.4. The molecule has 4 nitrogen and oxygen atoms in total. The fraction of sp³-hybridized carbons (Fsp3) is 0.259. The summed E-state index contributed by atoms with van der Waals surface area (Å²) in [6.07, 6.45) is 5.03. The molecule has 5 rings (SSSR count). The molecule has 1 N–H and O–H groups in total. The highest BCUT2D eigenvalue weighted by molar-refractivity contribution is 7.89. The van der Waals surface area contributed by atoms with E-state index >= 15 is 0 Å². The van der Waals surface area contributed by atoms with E-state index in [1.165, 1.54) is 12.0 Å². The van der Waals surface area contributed by atoms with Gasteiger partial charge in [-0.1, -0.05) is 85.5 Å². The Morgan fingerprint density at radius 3 is 2.39 bits per heavy atom. The molecule has 1 aromatic heterocycles. The van der Waals surface area contributed by atoms with E-state index in [4.69, 9.17) is 11.6 Å². The Morgan fingerprint density at radius 1 is 0.879 bits per heavy atom. The van der Waals surface area contributed by atoms with Crippen molar-refractivity contribution in [3.8, 4) is 11.3 Å². The maximum atomic E-state index is 13.3. The van der Waals surface area contributed by atoms with Gasteiger partial charge in [-0.15, -0.1) is 0 Å². The Labute approximate surface area is 200 Å². The van der Waals surface area contributed by atoms with Crippen molar-refractivity contribution in [3.05, 3.63) is 89.4 Å². The Morgan fingerprint density at radius 2 is 1.61 bits per heavy atom. The highest BCUT2D eigenvalue weighted by Crippen LogP contribution is 2.33. The first-order valence-corrected chi connectivity index (χ1v) is 13.3. The van der Waals surface area contributed by atoms with Crippen molar-refractivity contribution >= 4 is 32.5 Å². The molecule has 1 aliphatic rings. The predicted octanol–water partition coefficient (Wildman–Crippen LogP) is 6.62. The molecule has 170 valence electrons. The second-order valence-electron chi connectivity index (χ2n) is 8.76. The summed E-state index contributed by atoms with van der Waals surface area (Å²) in [4.78, 5) is 0.142. The highest BCUT2D eigenvalue weighted by atomic mass is 35.5. The topological polar surface area (TPSA) is 51.1 Å². The molecule has 1 heterocycles. The number of hydrogen-bond donors (Lipinski definition) is 1. The molecule has 0 aliphatic heterocycles. The molecule has 1 aliphatic carbocycles. The van der Waals surface area contributed by atoms with Gasteiger partial charge in [-0.2, -0.15) is 0 Å². The molecule has 0 amide bonds. The first-order valence-electron chi connectivity index (χ1n) is 11.5. The Balaban J connectivity index is 1.57.